The van der Waals surface area contributed by atoms with Gasteiger partial charge in [-0.25, -0.2) is 9.97 Å². The van der Waals surface area contributed by atoms with Gasteiger partial charge in [0.1, 0.15) is 10.8 Å². The number of imidazole rings is 1. The maximum absolute atomic E-state index is 9.04. The highest BCUT2D eigenvalue weighted by Crippen LogP contribution is 2.26. The lowest BCUT2D eigenvalue weighted by Crippen LogP contribution is -2.05. The summed E-state index contributed by atoms with van der Waals surface area (Å²) in [6.07, 6.45) is 1.78. The number of nitriles is 1. The zero-order valence-corrected chi connectivity index (χ0v) is 12.3. The molecule has 0 bridgehead atoms. The Kier molecular flexibility index (Phi) is 3.43. The Morgan fingerprint density at radius 2 is 2.35 bits per heavy atom. The molecule has 3 aromatic rings. The molecular weight excluding hydrogens is 292 g/mol. The topological polar surface area (TPSA) is 54.5 Å². The monoisotopic (exact) mass is 302 g/mol. The highest BCUT2D eigenvalue weighted by molar-refractivity contribution is 7.09. The van der Waals surface area contributed by atoms with Gasteiger partial charge < -0.3 is 4.57 Å². The predicted molar refractivity (Wildman–Crippen MR) is 79.9 cm³/mol. The van der Waals surface area contributed by atoms with Crippen molar-refractivity contribution >= 4 is 34.0 Å². The van der Waals surface area contributed by atoms with Gasteiger partial charge in [0.05, 0.1) is 34.6 Å². The van der Waals surface area contributed by atoms with Gasteiger partial charge in [0.2, 0.25) is 0 Å². The van der Waals surface area contributed by atoms with E-state index in [-0.39, 0.29) is 5.38 Å². The number of thiazole rings is 1. The van der Waals surface area contributed by atoms with Crippen LogP contribution in [0.1, 0.15) is 28.7 Å². The molecule has 1 atom stereocenters. The van der Waals surface area contributed by atoms with Crippen molar-refractivity contribution in [1.29, 1.82) is 5.26 Å². The number of aromatic nitrogens is 3. The summed E-state index contributed by atoms with van der Waals surface area (Å²) in [6.45, 7) is 2.52. The van der Waals surface area contributed by atoms with Crippen molar-refractivity contribution in [2.45, 2.75) is 18.8 Å². The average Bonchev–Trinajstić information content (AvgIpc) is 3.07. The fourth-order valence-corrected chi connectivity index (χ4v) is 2.92. The number of alkyl halides is 1. The molecule has 2 heterocycles. The van der Waals surface area contributed by atoms with E-state index in [2.05, 4.69) is 16.0 Å². The molecular formula is C14H11ClN4S. The third-order valence-electron chi connectivity index (χ3n) is 3.04. The van der Waals surface area contributed by atoms with Crippen LogP contribution in [0, 0.1) is 11.3 Å². The molecule has 0 aliphatic heterocycles. The molecule has 4 nitrogen and oxygen atoms in total. The van der Waals surface area contributed by atoms with Crippen molar-refractivity contribution in [3.63, 3.8) is 0 Å². The summed E-state index contributed by atoms with van der Waals surface area (Å²) in [5.74, 6) is 0.798. The van der Waals surface area contributed by atoms with Gasteiger partial charge in [-0.15, -0.1) is 22.9 Å². The first-order valence-electron chi connectivity index (χ1n) is 6.12. The molecule has 0 radical (unpaired) electrons. The Morgan fingerprint density at radius 1 is 1.50 bits per heavy atom. The molecule has 3 rings (SSSR count). The van der Waals surface area contributed by atoms with E-state index in [1.54, 1.807) is 23.6 Å². The van der Waals surface area contributed by atoms with Crippen LogP contribution in [-0.4, -0.2) is 14.5 Å². The van der Waals surface area contributed by atoms with Crippen molar-refractivity contribution in [3.05, 3.63) is 46.2 Å². The Morgan fingerprint density at radius 3 is 3.00 bits per heavy atom. The number of hydrogen-bond donors (Lipinski definition) is 0. The highest BCUT2D eigenvalue weighted by Gasteiger charge is 2.16. The van der Waals surface area contributed by atoms with Gasteiger partial charge in [0, 0.05) is 11.6 Å². The van der Waals surface area contributed by atoms with Gasteiger partial charge in [-0.1, -0.05) is 0 Å². The van der Waals surface area contributed by atoms with Crippen LogP contribution in [-0.2, 0) is 6.54 Å². The molecule has 0 fully saturated rings. The number of rotatable bonds is 3. The zero-order chi connectivity index (χ0) is 14.1. The second kappa shape index (κ2) is 5.23. The first kappa shape index (κ1) is 13.1. The predicted octanol–water partition coefficient (Wildman–Crippen LogP) is 3.71. The Balaban J connectivity index is 2.19. The third-order valence-corrected chi connectivity index (χ3v) is 4.00. The fraction of sp³-hybridized carbons (Fsp3) is 0.214. The van der Waals surface area contributed by atoms with E-state index in [9.17, 15) is 0 Å². The normalized spacial score (nSPS) is 12.4. The number of benzene rings is 1. The molecule has 0 saturated carbocycles. The van der Waals surface area contributed by atoms with Crippen LogP contribution in [0.15, 0.2) is 29.8 Å². The van der Waals surface area contributed by atoms with E-state index >= 15 is 0 Å². The Labute approximate surface area is 125 Å². The lowest BCUT2D eigenvalue weighted by atomic mass is 10.2. The van der Waals surface area contributed by atoms with Gasteiger partial charge in [0.15, 0.2) is 0 Å². The van der Waals surface area contributed by atoms with E-state index in [0.29, 0.717) is 12.1 Å². The molecule has 1 unspecified atom stereocenters. The zero-order valence-electron chi connectivity index (χ0n) is 10.7. The van der Waals surface area contributed by atoms with Gasteiger partial charge in [-0.2, -0.15) is 5.26 Å². The minimum absolute atomic E-state index is 0.201. The molecule has 2 aromatic heterocycles. The Bertz CT molecular complexity index is 783. The van der Waals surface area contributed by atoms with Crippen molar-refractivity contribution in [2.75, 3.05) is 0 Å². The number of halogens is 1. The molecule has 0 saturated heterocycles. The average molecular weight is 303 g/mol. The molecule has 0 N–H and O–H groups in total. The summed E-state index contributed by atoms with van der Waals surface area (Å²) < 4.78 is 2.03. The first-order valence-corrected chi connectivity index (χ1v) is 7.43. The summed E-state index contributed by atoms with van der Waals surface area (Å²) >= 11 is 7.82. The summed E-state index contributed by atoms with van der Waals surface area (Å²) in [7, 11) is 0. The van der Waals surface area contributed by atoms with E-state index < -0.39 is 0 Å². The van der Waals surface area contributed by atoms with Crippen LogP contribution >= 0.6 is 22.9 Å². The summed E-state index contributed by atoms with van der Waals surface area (Å²) in [5.41, 5.74) is 2.39. The lowest BCUT2D eigenvalue weighted by molar-refractivity contribution is 0.738. The number of hydrogen-bond acceptors (Lipinski definition) is 4. The SMILES string of the molecule is CC(Cl)c1nc2ccc(C#N)cc2n1Cc1nccs1. The second-order valence-electron chi connectivity index (χ2n) is 4.41. The largest absolute Gasteiger partial charge is 0.320 e. The van der Waals surface area contributed by atoms with E-state index in [4.69, 9.17) is 16.9 Å². The molecule has 1 aromatic carbocycles. The van der Waals surface area contributed by atoms with Gasteiger partial charge >= 0.3 is 0 Å². The minimum Gasteiger partial charge on any atom is -0.320 e. The minimum atomic E-state index is -0.201. The first-order chi connectivity index (χ1) is 9.69. The molecule has 0 aliphatic rings. The maximum atomic E-state index is 9.04. The number of fused-ring (bicyclic) bond motifs is 1. The smallest absolute Gasteiger partial charge is 0.128 e. The second-order valence-corrected chi connectivity index (χ2v) is 6.05. The van der Waals surface area contributed by atoms with E-state index in [1.807, 2.05) is 29.0 Å². The maximum Gasteiger partial charge on any atom is 0.128 e. The Hall–Kier alpha value is -1.90. The fourth-order valence-electron chi connectivity index (χ4n) is 2.15. The molecule has 0 spiro atoms. The van der Waals surface area contributed by atoms with E-state index in [1.165, 1.54) is 0 Å². The van der Waals surface area contributed by atoms with Crippen LogP contribution in [0.25, 0.3) is 11.0 Å². The van der Waals surface area contributed by atoms with Crippen molar-refractivity contribution < 1.29 is 0 Å². The van der Waals surface area contributed by atoms with Gasteiger partial charge in [0.25, 0.3) is 0 Å². The highest BCUT2D eigenvalue weighted by atomic mass is 35.5. The van der Waals surface area contributed by atoms with Crippen LogP contribution in [0.3, 0.4) is 0 Å². The quantitative estimate of drug-likeness (QED) is 0.693. The van der Waals surface area contributed by atoms with Crippen LogP contribution in [0.4, 0.5) is 0 Å². The third kappa shape index (κ3) is 2.28. The van der Waals surface area contributed by atoms with Crippen LogP contribution in [0.5, 0.6) is 0 Å². The molecule has 100 valence electrons. The molecule has 20 heavy (non-hydrogen) atoms. The summed E-state index contributed by atoms with van der Waals surface area (Å²) in [4.78, 5) is 8.87. The van der Waals surface area contributed by atoms with Crippen LogP contribution < -0.4 is 0 Å². The lowest BCUT2D eigenvalue weighted by Gasteiger charge is -2.08. The van der Waals surface area contributed by atoms with Crippen molar-refractivity contribution in [1.82, 2.24) is 14.5 Å². The molecule has 0 amide bonds. The molecule has 0 aliphatic carbocycles. The van der Waals surface area contributed by atoms with E-state index in [0.717, 1.165) is 21.9 Å². The van der Waals surface area contributed by atoms with Gasteiger partial charge in [-0.05, 0) is 25.1 Å². The van der Waals surface area contributed by atoms with Crippen LogP contribution in [0.2, 0.25) is 0 Å². The summed E-state index contributed by atoms with van der Waals surface area (Å²) in [5, 5.41) is 11.8. The summed E-state index contributed by atoms with van der Waals surface area (Å²) in [6, 6.07) is 7.63. The van der Waals surface area contributed by atoms with Gasteiger partial charge in [-0.3, -0.25) is 0 Å². The number of nitrogens with zero attached hydrogens (tertiary/aromatic N) is 4. The van der Waals surface area contributed by atoms with Crippen molar-refractivity contribution in [3.8, 4) is 6.07 Å². The standard InChI is InChI=1S/C14H11ClN4S/c1-9(15)14-18-11-3-2-10(7-16)6-12(11)19(14)8-13-17-4-5-20-13/h2-6,9H,8H2,1H3. The molecule has 6 heteroatoms. The van der Waals surface area contributed by atoms with Crippen molar-refractivity contribution in [2.24, 2.45) is 0 Å².